The minimum Gasteiger partial charge on any atom is -0.395 e. The molecule has 0 atom stereocenters. The molecule has 2 N–H and O–H groups in total. The van der Waals surface area contributed by atoms with Crippen molar-refractivity contribution in [3.63, 3.8) is 0 Å². The van der Waals surface area contributed by atoms with Crippen LogP contribution in [0.5, 0.6) is 0 Å². The molecule has 0 radical (unpaired) electrons. The van der Waals surface area contributed by atoms with E-state index in [4.69, 9.17) is 5.11 Å². The number of nitrogens with one attached hydrogen (secondary N) is 1. The van der Waals surface area contributed by atoms with Gasteiger partial charge in [-0.3, -0.25) is 4.79 Å². The second-order valence-corrected chi connectivity index (χ2v) is 5.98. The van der Waals surface area contributed by atoms with Gasteiger partial charge < -0.3 is 10.4 Å². The number of hydrogen-bond donors (Lipinski definition) is 2. The van der Waals surface area contributed by atoms with Crippen LogP contribution in [0.3, 0.4) is 0 Å². The second-order valence-electron chi connectivity index (χ2n) is 5.06. The molecule has 7 heteroatoms. The van der Waals surface area contributed by atoms with Crippen LogP contribution in [-0.2, 0) is 0 Å². The van der Waals surface area contributed by atoms with Crippen molar-refractivity contribution < 1.29 is 9.90 Å². The summed E-state index contributed by atoms with van der Waals surface area (Å²) in [6.07, 6.45) is 1.70. The van der Waals surface area contributed by atoms with Gasteiger partial charge in [-0.25, -0.2) is 4.68 Å². The molecule has 122 valence electrons. The molecule has 0 saturated carbocycles. The van der Waals surface area contributed by atoms with Gasteiger partial charge in [0.05, 0.1) is 24.2 Å². The highest BCUT2D eigenvalue weighted by atomic mass is 79.9. The van der Waals surface area contributed by atoms with E-state index in [-0.39, 0.29) is 19.1 Å². The number of rotatable bonds is 5. The van der Waals surface area contributed by atoms with Crippen LogP contribution < -0.4 is 5.32 Å². The number of halogens is 1. The van der Waals surface area contributed by atoms with Crippen molar-refractivity contribution in [3.05, 3.63) is 64.8 Å². The zero-order valence-corrected chi connectivity index (χ0v) is 14.3. The summed E-state index contributed by atoms with van der Waals surface area (Å²) in [7, 11) is 0. The second kappa shape index (κ2) is 7.37. The lowest BCUT2D eigenvalue weighted by molar-refractivity contribution is 0.0945. The maximum absolute atomic E-state index is 11.9. The van der Waals surface area contributed by atoms with E-state index in [0.717, 1.165) is 21.4 Å². The fourth-order valence-corrected chi connectivity index (χ4v) is 2.53. The summed E-state index contributed by atoms with van der Waals surface area (Å²) in [6, 6.07) is 14.9. The largest absolute Gasteiger partial charge is 0.395 e. The van der Waals surface area contributed by atoms with Gasteiger partial charge in [0.2, 0.25) is 0 Å². The van der Waals surface area contributed by atoms with Crippen molar-refractivity contribution in [1.82, 2.24) is 20.3 Å². The van der Waals surface area contributed by atoms with Crippen LogP contribution in [0.2, 0.25) is 0 Å². The molecule has 0 spiro atoms. The number of hydrogen-bond acceptors (Lipinski definition) is 4. The van der Waals surface area contributed by atoms with Gasteiger partial charge in [-0.1, -0.05) is 33.3 Å². The quantitative estimate of drug-likeness (QED) is 0.705. The Kier molecular flexibility index (Phi) is 5.02. The number of amides is 1. The van der Waals surface area contributed by atoms with Crippen molar-refractivity contribution >= 4 is 21.8 Å². The molecular formula is C17H15BrN4O2. The molecule has 3 aromatic rings. The molecule has 0 unspecified atom stereocenters. The van der Waals surface area contributed by atoms with Crippen molar-refractivity contribution in [2.24, 2.45) is 0 Å². The standard InChI is InChI=1S/C17H15BrN4O2/c18-14-5-1-12(2-6-14)16-11-20-21-22(16)15-7-3-13(4-8-15)17(24)19-9-10-23/h1-8,11,23H,9-10H2,(H,19,24). The monoisotopic (exact) mass is 386 g/mol. The zero-order valence-electron chi connectivity index (χ0n) is 12.7. The summed E-state index contributed by atoms with van der Waals surface area (Å²) in [5, 5.41) is 19.5. The van der Waals surface area contributed by atoms with Crippen molar-refractivity contribution in [2.75, 3.05) is 13.2 Å². The minimum absolute atomic E-state index is 0.0840. The summed E-state index contributed by atoms with van der Waals surface area (Å²) in [5.74, 6) is -0.220. The third kappa shape index (κ3) is 3.52. The molecular weight excluding hydrogens is 372 g/mol. The summed E-state index contributed by atoms with van der Waals surface area (Å²) >= 11 is 3.42. The molecule has 0 aliphatic carbocycles. The van der Waals surface area contributed by atoms with Crippen molar-refractivity contribution in [3.8, 4) is 16.9 Å². The lowest BCUT2D eigenvalue weighted by Gasteiger charge is -2.08. The molecule has 1 amide bonds. The van der Waals surface area contributed by atoms with Crippen LogP contribution in [0, 0.1) is 0 Å². The van der Waals surface area contributed by atoms with Crippen molar-refractivity contribution in [1.29, 1.82) is 0 Å². The van der Waals surface area contributed by atoms with Crippen LogP contribution in [0.4, 0.5) is 0 Å². The highest BCUT2D eigenvalue weighted by Crippen LogP contribution is 2.23. The van der Waals surface area contributed by atoms with Gasteiger partial charge in [-0.05, 0) is 36.4 Å². The highest BCUT2D eigenvalue weighted by molar-refractivity contribution is 9.10. The summed E-state index contributed by atoms with van der Waals surface area (Å²) in [5.41, 5.74) is 3.19. The topological polar surface area (TPSA) is 80.0 Å². The van der Waals surface area contributed by atoms with Crippen LogP contribution in [-0.4, -0.2) is 39.2 Å². The SMILES string of the molecule is O=C(NCCO)c1ccc(-n2nncc2-c2ccc(Br)cc2)cc1. The molecule has 24 heavy (non-hydrogen) atoms. The first kappa shape index (κ1) is 16.4. The Balaban J connectivity index is 1.87. The average Bonchev–Trinajstić information content (AvgIpc) is 3.10. The maximum Gasteiger partial charge on any atom is 0.251 e. The molecule has 1 aromatic heterocycles. The Morgan fingerprint density at radius 2 is 1.83 bits per heavy atom. The van der Waals surface area contributed by atoms with E-state index in [1.54, 1.807) is 23.0 Å². The Hall–Kier alpha value is -2.51. The number of nitrogens with zero attached hydrogens (tertiary/aromatic N) is 3. The van der Waals surface area contributed by atoms with Crippen molar-refractivity contribution in [2.45, 2.75) is 0 Å². The van der Waals surface area contributed by atoms with E-state index >= 15 is 0 Å². The molecule has 3 rings (SSSR count). The van der Waals surface area contributed by atoms with E-state index in [1.807, 2.05) is 36.4 Å². The van der Waals surface area contributed by atoms with E-state index in [2.05, 4.69) is 31.6 Å². The minimum atomic E-state index is -0.220. The predicted octanol–water partition coefficient (Wildman–Crippen LogP) is 2.42. The van der Waals surface area contributed by atoms with Gasteiger partial charge in [-0.2, -0.15) is 0 Å². The van der Waals surface area contributed by atoms with Gasteiger partial charge in [0, 0.05) is 22.1 Å². The molecule has 1 heterocycles. The molecule has 6 nitrogen and oxygen atoms in total. The van der Waals surface area contributed by atoms with E-state index in [1.165, 1.54) is 0 Å². The number of carbonyl (C=O) groups is 1. The normalized spacial score (nSPS) is 10.6. The van der Waals surface area contributed by atoms with Crippen LogP contribution >= 0.6 is 15.9 Å². The van der Waals surface area contributed by atoms with Crippen LogP contribution in [0.1, 0.15) is 10.4 Å². The first-order valence-corrected chi connectivity index (χ1v) is 8.14. The summed E-state index contributed by atoms with van der Waals surface area (Å²) in [4.78, 5) is 11.9. The number of aliphatic hydroxyl groups excluding tert-OH is 1. The molecule has 0 aliphatic rings. The predicted molar refractivity (Wildman–Crippen MR) is 93.9 cm³/mol. The Morgan fingerprint density at radius 1 is 1.12 bits per heavy atom. The highest BCUT2D eigenvalue weighted by Gasteiger charge is 2.10. The van der Waals surface area contributed by atoms with E-state index in [0.29, 0.717) is 5.56 Å². The van der Waals surface area contributed by atoms with Crippen LogP contribution in [0.25, 0.3) is 16.9 Å². The van der Waals surface area contributed by atoms with Gasteiger partial charge >= 0.3 is 0 Å². The zero-order chi connectivity index (χ0) is 16.9. The Morgan fingerprint density at radius 3 is 2.50 bits per heavy atom. The summed E-state index contributed by atoms with van der Waals surface area (Å²) in [6.45, 7) is 0.150. The van der Waals surface area contributed by atoms with Crippen LogP contribution in [0.15, 0.2) is 59.2 Å². The number of carbonyl (C=O) groups excluding carboxylic acids is 1. The molecule has 0 fully saturated rings. The number of benzene rings is 2. The maximum atomic E-state index is 11.9. The Labute approximate surface area is 147 Å². The van der Waals surface area contributed by atoms with E-state index < -0.39 is 0 Å². The fraction of sp³-hybridized carbons (Fsp3) is 0.118. The molecule has 0 aliphatic heterocycles. The van der Waals surface area contributed by atoms with E-state index in [9.17, 15) is 4.79 Å². The lowest BCUT2D eigenvalue weighted by atomic mass is 10.1. The smallest absolute Gasteiger partial charge is 0.251 e. The first-order chi connectivity index (χ1) is 11.7. The average molecular weight is 387 g/mol. The van der Waals surface area contributed by atoms with Gasteiger partial charge in [0.1, 0.15) is 0 Å². The first-order valence-electron chi connectivity index (χ1n) is 7.35. The third-order valence-electron chi connectivity index (χ3n) is 3.46. The Bertz CT molecular complexity index is 829. The lowest BCUT2D eigenvalue weighted by Crippen LogP contribution is -2.26. The summed E-state index contributed by atoms with van der Waals surface area (Å²) < 4.78 is 2.72. The third-order valence-corrected chi connectivity index (χ3v) is 3.99. The van der Waals surface area contributed by atoms with Gasteiger partial charge in [0.25, 0.3) is 5.91 Å². The fourth-order valence-electron chi connectivity index (χ4n) is 2.27. The molecule has 0 bridgehead atoms. The van der Waals surface area contributed by atoms with Gasteiger partial charge in [-0.15, -0.1) is 5.10 Å². The molecule has 0 saturated heterocycles. The number of aliphatic hydroxyl groups is 1. The number of aromatic nitrogens is 3. The van der Waals surface area contributed by atoms with Gasteiger partial charge in [0.15, 0.2) is 0 Å². The molecule has 2 aromatic carbocycles.